The predicted octanol–water partition coefficient (Wildman–Crippen LogP) is 5.26. The lowest BCUT2D eigenvalue weighted by Crippen LogP contribution is -2.51. The van der Waals surface area contributed by atoms with Gasteiger partial charge in [-0.15, -0.1) is 0 Å². The van der Waals surface area contributed by atoms with Gasteiger partial charge in [0.15, 0.2) is 0 Å². The Morgan fingerprint density at radius 1 is 0.902 bits per heavy atom. The van der Waals surface area contributed by atoms with Crippen LogP contribution in [0.1, 0.15) is 48.9 Å². The molecule has 0 spiro atoms. The molecule has 0 aliphatic rings. The Labute approximate surface area is 245 Å². The van der Waals surface area contributed by atoms with Crippen LogP contribution in [0.5, 0.6) is 0 Å². The summed E-state index contributed by atoms with van der Waals surface area (Å²) < 4.78 is 26.6. The fourth-order valence-corrected chi connectivity index (χ4v) is 5.69. The highest BCUT2D eigenvalue weighted by Crippen LogP contribution is 2.22. The number of rotatable bonds is 14. The summed E-state index contributed by atoms with van der Waals surface area (Å²) in [6.45, 7) is 8.93. The number of aryl methyl sites for hydroxylation is 2. The van der Waals surface area contributed by atoms with Gasteiger partial charge in [-0.2, -0.15) is 0 Å². The second-order valence-electron chi connectivity index (χ2n) is 11.1. The van der Waals surface area contributed by atoms with Gasteiger partial charge < -0.3 is 10.2 Å². The van der Waals surface area contributed by atoms with Gasteiger partial charge in [-0.25, -0.2) is 8.42 Å². The molecule has 1 atom stereocenters. The molecule has 0 saturated carbocycles. The van der Waals surface area contributed by atoms with Crippen LogP contribution in [0, 0.1) is 19.8 Å². The number of hydrogen-bond donors (Lipinski definition) is 1. The van der Waals surface area contributed by atoms with Crippen molar-refractivity contribution in [2.24, 2.45) is 5.92 Å². The van der Waals surface area contributed by atoms with Gasteiger partial charge >= 0.3 is 0 Å². The van der Waals surface area contributed by atoms with Crippen LogP contribution in [0.2, 0.25) is 0 Å². The second kappa shape index (κ2) is 14.8. The van der Waals surface area contributed by atoms with Crippen LogP contribution in [0.15, 0.2) is 78.9 Å². The Bertz CT molecular complexity index is 1410. The SMILES string of the molecule is Cc1cccc(N(CCCC(=O)N(Cc2ccccc2C)[C@@H](Cc2ccccc2)C(=O)NCC(C)C)S(C)(=O)=O)c1. The number of anilines is 1. The molecule has 41 heavy (non-hydrogen) atoms. The first-order valence-corrected chi connectivity index (χ1v) is 16.0. The smallest absolute Gasteiger partial charge is 0.243 e. The number of sulfonamides is 1. The molecule has 2 amide bonds. The second-order valence-corrected chi connectivity index (χ2v) is 13.0. The van der Waals surface area contributed by atoms with Gasteiger partial charge in [0.1, 0.15) is 6.04 Å². The maximum atomic E-state index is 13.9. The zero-order valence-corrected chi connectivity index (χ0v) is 25.7. The summed E-state index contributed by atoms with van der Waals surface area (Å²) in [6, 6.07) is 24.2. The standard InChI is InChI=1S/C33H43N3O4S/c1-25(2)23-34-33(38)31(22-28-15-7-6-8-16-28)35(24-29-17-10-9-14-27(29)4)32(37)19-12-20-36(41(5,39)40)30-18-11-13-26(3)21-30/h6-11,13-18,21,25,31H,12,19-20,22-24H2,1-5H3,(H,34,38)/t31-/m0/s1. The molecule has 220 valence electrons. The fraction of sp³-hybridized carbons (Fsp3) is 0.394. The predicted molar refractivity (Wildman–Crippen MR) is 166 cm³/mol. The van der Waals surface area contributed by atoms with E-state index in [0.717, 1.165) is 22.3 Å². The van der Waals surface area contributed by atoms with E-state index in [-0.39, 0.29) is 37.2 Å². The van der Waals surface area contributed by atoms with Crippen LogP contribution < -0.4 is 9.62 Å². The molecule has 3 aromatic carbocycles. The average Bonchev–Trinajstić information content (AvgIpc) is 2.92. The minimum absolute atomic E-state index is 0.104. The number of benzene rings is 3. The Balaban J connectivity index is 1.89. The lowest BCUT2D eigenvalue weighted by Gasteiger charge is -2.32. The van der Waals surface area contributed by atoms with Gasteiger partial charge in [0, 0.05) is 32.5 Å². The van der Waals surface area contributed by atoms with Gasteiger partial charge in [-0.05, 0) is 60.6 Å². The number of amides is 2. The highest BCUT2D eigenvalue weighted by atomic mass is 32.2. The van der Waals surface area contributed by atoms with Crippen molar-refractivity contribution in [3.05, 3.63) is 101 Å². The van der Waals surface area contributed by atoms with Crippen molar-refractivity contribution in [2.75, 3.05) is 23.7 Å². The molecule has 7 nitrogen and oxygen atoms in total. The van der Waals surface area contributed by atoms with Gasteiger partial charge in [-0.1, -0.05) is 80.6 Å². The van der Waals surface area contributed by atoms with E-state index in [4.69, 9.17) is 0 Å². The summed E-state index contributed by atoms with van der Waals surface area (Å²) in [6.07, 6.45) is 1.97. The van der Waals surface area contributed by atoms with Crippen LogP contribution in [-0.4, -0.2) is 50.5 Å². The van der Waals surface area contributed by atoms with Gasteiger partial charge in [0.2, 0.25) is 21.8 Å². The minimum Gasteiger partial charge on any atom is -0.354 e. The van der Waals surface area contributed by atoms with Gasteiger partial charge in [-0.3, -0.25) is 13.9 Å². The fourth-order valence-electron chi connectivity index (χ4n) is 4.73. The summed E-state index contributed by atoms with van der Waals surface area (Å²) in [4.78, 5) is 29.2. The first kappa shape index (κ1) is 31.9. The molecule has 0 fully saturated rings. The van der Waals surface area contributed by atoms with Gasteiger partial charge in [0.25, 0.3) is 0 Å². The van der Waals surface area contributed by atoms with E-state index in [1.54, 1.807) is 11.0 Å². The molecular weight excluding hydrogens is 534 g/mol. The number of hydrogen-bond acceptors (Lipinski definition) is 4. The highest BCUT2D eigenvalue weighted by molar-refractivity contribution is 7.92. The molecule has 0 radical (unpaired) electrons. The molecule has 0 unspecified atom stereocenters. The maximum absolute atomic E-state index is 13.9. The van der Waals surface area contributed by atoms with E-state index < -0.39 is 16.1 Å². The highest BCUT2D eigenvalue weighted by Gasteiger charge is 2.31. The number of carbonyl (C=O) groups is 2. The summed E-state index contributed by atoms with van der Waals surface area (Å²) in [7, 11) is -3.55. The third-order valence-corrected chi connectivity index (χ3v) is 8.19. The van der Waals surface area contributed by atoms with E-state index >= 15 is 0 Å². The van der Waals surface area contributed by atoms with Crippen molar-refractivity contribution in [3.8, 4) is 0 Å². The third kappa shape index (κ3) is 9.74. The van der Waals surface area contributed by atoms with E-state index in [1.165, 1.54) is 10.6 Å². The number of carbonyl (C=O) groups excluding carboxylic acids is 2. The van der Waals surface area contributed by atoms with Crippen LogP contribution >= 0.6 is 0 Å². The minimum atomic E-state index is -3.55. The Morgan fingerprint density at radius 2 is 1.59 bits per heavy atom. The zero-order chi connectivity index (χ0) is 30.0. The lowest BCUT2D eigenvalue weighted by molar-refractivity contribution is -0.141. The monoisotopic (exact) mass is 577 g/mol. The Kier molecular flexibility index (Phi) is 11.5. The molecule has 0 aliphatic carbocycles. The van der Waals surface area contributed by atoms with Crippen LogP contribution in [0.3, 0.4) is 0 Å². The molecule has 8 heteroatoms. The van der Waals surface area contributed by atoms with Crippen molar-refractivity contribution in [1.82, 2.24) is 10.2 Å². The molecule has 0 aliphatic heterocycles. The quantitative estimate of drug-likeness (QED) is 0.283. The van der Waals surface area contributed by atoms with Crippen molar-refractivity contribution >= 4 is 27.5 Å². The third-order valence-electron chi connectivity index (χ3n) is 7.00. The average molecular weight is 578 g/mol. The first-order chi connectivity index (χ1) is 19.5. The summed E-state index contributed by atoms with van der Waals surface area (Å²) in [5.41, 5.74) is 4.49. The van der Waals surface area contributed by atoms with Crippen molar-refractivity contribution in [3.63, 3.8) is 0 Å². The van der Waals surface area contributed by atoms with Crippen molar-refractivity contribution in [1.29, 1.82) is 0 Å². The molecular formula is C33H43N3O4S. The molecule has 0 aromatic heterocycles. The first-order valence-electron chi connectivity index (χ1n) is 14.2. The normalized spacial score (nSPS) is 12.1. The topological polar surface area (TPSA) is 86.8 Å². The van der Waals surface area contributed by atoms with Crippen LogP contribution in [-0.2, 0) is 32.6 Å². The molecule has 1 N–H and O–H groups in total. The van der Waals surface area contributed by atoms with Gasteiger partial charge in [0.05, 0.1) is 11.9 Å². The van der Waals surface area contributed by atoms with Crippen LogP contribution in [0.25, 0.3) is 0 Å². The molecule has 0 bridgehead atoms. The molecule has 3 rings (SSSR count). The Hall–Kier alpha value is -3.65. The number of nitrogens with one attached hydrogen (secondary N) is 1. The summed E-state index contributed by atoms with van der Waals surface area (Å²) >= 11 is 0. The lowest BCUT2D eigenvalue weighted by atomic mass is 10.0. The molecule has 0 saturated heterocycles. The molecule has 0 heterocycles. The summed E-state index contributed by atoms with van der Waals surface area (Å²) in [5.74, 6) is -0.117. The van der Waals surface area contributed by atoms with E-state index in [9.17, 15) is 18.0 Å². The zero-order valence-electron chi connectivity index (χ0n) is 24.8. The Morgan fingerprint density at radius 3 is 2.22 bits per heavy atom. The molecule has 3 aromatic rings. The van der Waals surface area contributed by atoms with Crippen molar-refractivity contribution < 1.29 is 18.0 Å². The van der Waals surface area contributed by atoms with Crippen LogP contribution in [0.4, 0.5) is 5.69 Å². The van der Waals surface area contributed by atoms with E-state index in [0.29, 0.717) is 25.1 Å². The van der Waals surface area contributed by atoms with E-state index in [2.05, 4.69) is 5.32 Å². The summed E-state index contributed by atoms with van der Waals surface area (Å²) in [5, 5.41) is 3.04. The maximum Gasteiger partial charge on any atom is 0.243 e. The number of nitrogens with zero attached hydrogens (tertiary/aromatic N) is 2. The van der Waals surface area contributed by atoms with Crippen molar-refractivity contribution in [2.45, 2.75) is 59.5 Å². The largest absolute Gasteiger partial charge is 0.354 e. The van der Waals surface area contributed by atoms with E-state index in [1.807, 2.05) is 100 Å².